The van der Waals surface area contributed by atoms with Crippen LogP contribution in [0, 0.1) is 17.5 Å². The van der Waals surface area contributed by atoms with E-state index in [1.165, 1.54) is 9.80 Å². The molecule has 0 bridgehead atoms. The molecule has 2 aliphatic heterocycles. The number of amidine groups is 1. The molecule has 1 fully saturated rings. The second kappa shape index (κ2) is 11.5. The number of carbonyl (C=O) groups is 2. The van der Waals surface area contributed by atoms with E-state index in [0.29, 0.717) is 17.7 Å². The van der Waals surface area contributed by atoms with Crippen LogP contribution in [0.1, 0.15) is 24.0 Å². The third-order valence-electron chi connectivity index (χ3n) is 6.36. The van der Waals surface area contributed by atoms with Crippen molar-refractivity contribution in [2.75, 3.05) is 19.8 Å². The Morgan fingerprint density at radius 1 is 1.05 bits per heavy atom. The van der Waals surface area contributed by atoms with Crippen LogP contribution < -0.4 is 5.73 Å². The van der Waals surface area contributed by atoms with Crippen molar-refractivity contribution in [1.29, 1.82) is 0 Å². The van der Waals surface area contributed by atoms with E-state index in [4.69, 9.17) is 10.5 Å². The van der Waals surface area contributed by atoms with Gasteiger partial charge in [0.2, 0.25) is 5.91 Å². The SMILES string of the molecule is N[C@@H](CC(=O)N1CCN2CN(C(F)(F)F)N=C2C1CC(=O)OCc1ccccc1)Cc1cc(F)c(F)cc1F. The van der Waals surface area contributed by atoms with E-state index in [1.54, 1.807) is 30.3 Å². The molecule has 210 valence electrons. The molecular formula is C25H25F6N5O3. The molecule has 2 aromatic rings. The number of nitrogens with two attached hydrogens (primary N) is 1. The summed E-state index contributed by atoms with van der Waals surface area (Å²) < 4.78 is 86.1. The maximum atomic E-state index is 14.0. The van der Waals surface area contributed by atoms with Gasteiger partial charge in [0, 0.05) is 31.6 Å². The average Bonchev–Trinajstić information content (AvgIpc) is 3.32. The Labute approximate surface area is 219 Å². The molecular weight excluding hydrogens is 532 g/mol. The maximum Gasteiger partial charge on any atom is 0.502 e. The van der Waals surface area contributed by atoms with Crippen LogP contribution >= 0.6 is 0 Å². The summed E-state index contributed by atoms with van der Waals surface area (Å²) in [6.07, 6.45) is -5.94. The van der Waals surface area contributed by atoms with E-state index >= 15 is 0 Å². The first-order valence-electron chi connectivity index (χ1n) is 12.0. The first-order valence-corrected chi connectivity index (χ1v) is 12.0. The van der Waals surface area contributed by atoms with Crippen LogP contribution in [0.2, 0.25) is 0 Å². The van der Waals surface area contributed by atoms with Gasteiger partial charge < -0.3 is 20.3 Å². The van der Waals surface area contributed by atoms with Crippen molar-refractivity contribution in [2.24, 2.45) is 10.8 Å². The van der Waals surface area contributed by atoms with Crippen LogP contribution in [0.15, 0.2) is 47.6 Å². The summed E-state index contributed by atoms with van der Waals surface area (Å²) >= 11 is 0. The van der Waals surface area contributed by atoms with Crippen LogP contribution in [-0.2, 0) is 27.4 Å². The van der Waals surface area contributed by atoms with Crippen molar-refractivity contribution in [3.63, 3.8) is 0 Å². The Morgan fingerprint density at radius 2 is 1.74 bits per heavy atom. The number of hydrazone groups is 1. The van der Waals surface area contributed by atoms with Crippen molar-refractivity contribution in [1.82, 2.24) is 14.8 Å². The number of nitrogens with zero attached hydrogens (tertiary/aromatic N) is 4. The van der Waals surface area contributed by atoms with Gasteiger partial charge in [-0.05, 0) is 23.6 Å². The van der Waals surface area contributed by atoms with Crippen molar-refractivity contribution < 1.29 is 40.7 Å². The Balaban J connectivity index is 1.49. The topological polar surface area (TPSA) is 91.5 Å². The Bertz CT molecular complexity index is 1240. The number of benzene rings is 2. The number of piperazine rings is 1. The summed E-state index contributed by atoms with van der Waals surface area (Å²) in [5.74, 6) is -5.18. The van der Waals surface area contributed by atoms with Gasteiger partial charge in [-0.25, -0.2) is 13.2 Å². The number of fused-ring (bicyclic) bond motifs is 1. The number of ether oxygens (including phenoxy) is 1. The zero-order valence-electron chi connectivity index (χ0n) is 20.5. The predicted molar refractivity (Wildman–Crippen MR) is 126 cm³/mol. The second-order valence-corrected chi connectivity index (χ2v) is 9.21. The maximum absolute atomic E-state index is 14.0. The van der Waals surface area contributed by atoms with Gasteiger partial charge in [0.15, 0.2) is 11.6 Å². The van der Waals surface area contributed by atoms with Crippen molar-refractivity contribution >= 4 is 17.7 Å². The first-order chi connectivity index (χ1) is 18.4. The number of hydrogen-bond acceptors (Lipinski definition) is 7. The van der Waals surface area contributed by atoms with Crippen molar-refractivity contribution in [3.8, 4) is 0 Å². The Morgan fingerprint density at radius 3 is 2.44 bits per heavy atom. The lowest BCUT2D eigenvalue weighted by atomic mass is 10.0. The van der Waals surface area contributed by atoms with Crippen LogP contribution in [0.4, 0.5) is 26.3 Å². The van der Waals surface area contributed by atoms with Crippen LogP contribution in [-0.4, -0.2) is 70.7 Å². The van der Waals surface area contributed by atoms with E-state index in [2.05, 4.69) is 5.10 Å². The van der Waals surface area contributed by atoms with Crippen molar-refractivity contribution in [3.05, 3.63) is 71.0 Å². The molecule has 4 rings (SSSR count). The lowest BCUT2D eigenvalue weighted by Gasteiger charge is -2.40. The monoisotopic (exact) mass is 557 g/mol. The number of esters is 1. The smallest absolute Gasteiger partial charge is 0.461 e. The zero-order valence-corrected chi connectivity index (χ0v) is 20.5. The Hall–Kier alpha value is -3.81. The molecule has 2 heterocycles. The lowest BCUT2D eigenvalue weighted by molar-refractivity contribution is -0.247. The molecule has 39 heavy (non-hydrogen) atoms. The normalized spacial score (nSPS) is 18.1. The highest BCUT2D eigenvalue weighted by atomic mass is 19.4. The molecule has 14 heteroatoms. The van der Waals surface area contributed by atoms with Gasteiger partial charge in [0.05, 0.1) is 6.42 Å². The van der Waals surface area contributed by atoms with Crippen LogP contribution in [0.5, 0.6) is 0 Å². The van der Waals surface area contributed by atoms with Gasteiger partial charge >= 0.3 is 12.3 Å². The predicted octanol–water partition coefficient (Wildman–Crippen LogP) is 3.12. The third-order valence-corrected chi connectivity index (χ3v) is 6.36. The molecule has 2 N–H and O–H groups in total. The molecule has 0 aliphatic carbocycles. The van der Waals surface area contributed by atoms with Gasteiger partial charge in [-0.1, -0.05) is 30.3 Å². The fraction of sp³-hybridized carbons (Fsp3) is 0.400. The number of carbonyl (C=O) groups excluding carboxylic acids is 2. The number of hydrogen-bond donors (Lipinski definition) is 1. The van der Waals surface area contributed by atoms with Gasteiger partial charge in [-0.2, -0.15) is 10.1 Å². The third kappa shape index (κ3) is 6.80. The standard InChI is InChI=1S/C25H25F6N5O3/c26-18-11-20(28)19(27)9-16(18)8-17(32)10-22(37)35-7-6-34-14-36(25(29,30)31)33-24(34)21(35)12-23(38)39-13-15-4-2-1-3-5-15/h1-5,9,11,17,21H,6-8,10,12-14,32H2/t17-,21?/m1/s1. The summed E-state index contributed by atoms with van der Waals surface area (Å²) in [7, 11) is 0. The average molecular weight is 557 g/mol. The highest BCUT2D eigenvalue weighted by molar-refractivity contribution is 5.96. The molecule has 0 aromatic heterocycles. The highest BCUT2D eigenvalue weighted by Crippen LogP contribution is 2.30. The molecule has 8 nitrogen and oxygen atoms in total. The van der Waals surface area contributed by atoms with Gasteiger partial charge in [-0.3, -0.25) is 9.59 Å². The largest absolute Gasteiger partial charge is 0.502 e. The van der Waals surface area contributed by atoms with Crippen molar-refractivity contribution in [2.45, 2.75) is 44.3 Å². The minimum atomic E-state index is -4.77. The number of amides is 1. The molecule has 0 spiro atoms. The number of rotatable bonds is 8. The van der Waals surface area contributed by atoms with E-state index in [1.807, 2.05) is 0 Å². The zero-order chi connectivity index (χ0) is 28.3. The molecule has 0 radical (unpaired) electrons. The number of halogens is 6. The molecule has 2 aromatic carbocycles. The summed E-state index contributed by atoms with van der Waals surface area (Å²) in [6.45, 7) is -0.687. The van der Waals surface area contributed by atoms with E-state index in [0.717, 1.165) is 0 Å². The lowest BCUT2D eigenvalue weighted by Crippen LogP contribution is -2.58. The van der Waals surface area contributed by atoms with Gasteiger partial charge in [0.1, 0.15) is 31.0 Å². The van der Waals surface area contributed by atoms with E-state index < -0.39 is 67.2 Å². The summed E-state index contributed by atoms with van der Waals surface area (Å²) in [6, 6.07) is 7.55. The molecule has 2 atom stereocenters. The fourth-order valence-corrected chi connectivity index (χ4v) is 4.45. The summed E-state index contributed by atoms with van der Waals surface area (Å²) in [5.41, 5.74) is 6.46. The summed E-state index contributed by atoms with van der Waals surface area (Å²) in [4.78, 5) is 28.4. The van der Waals surface area contributed by atoms with E-state index in [-0.39, 0.29) is 42.5 Å². The minimum Gasteiger partial charge on any atom is -0.461 e. The molecule has 2 aliphatic rings. The molecule has 1 unspecified atom stereocenters. The minimum absolute atomic E-state index is 0.0136. The van der Waals surface area contributed by atoms with Crippen LogP contribution in [0.25, 0.3) is 0 Å². The fourth-order valence-electron chi connectivity index (χ4n) is 4.45. The summed E-state index contributed by atoms with van der Waals surface area (Å²) in [5, 5.41) is 3.55. The first kappa shape index (κ1) is 28.2. The van der Waals surface area contributed by atoms with E-state index in [9.17, 15) is 35.9 Å². The molecule has 1 amide bonds. The molecule has 1 saturated heterocycles. The highest BCUT2D eigenvalue weighted by Gasteiger charge is 2.47. The quantitative estimate of drug-likeness (QED) is 0.232. The Kier molecular flexibility index (Phi) is 8.33. The van der Waals surface area contributed by atoms with Gasteiger partial charge in [-0.15, -0.1) is 13.2 Å². The van der Waals surface area contributed by atoms with Gasteiger partial charge in [0.25, 0.3) is 0 Å². The molecule has 0 saturated carbocycles. The van der Waals surface area contributed by atoms with Crippen LogP contribution in [0.3, 0.4) is 0 Å². The number of alkyl halides is 3. The second-order valence-electron chi connectivity index (χ2n) is 9.21.